The third-order valence-corrected chi connectivity index (χ3v) is 6.75. The van der Waals surface area contributed by atoms with Crippen LogP contribution in [0.2, 0.25) is 10.0 Å². The molecule has 1 N–H and O–H groups in total. The molecule has 32 heavy (non-hydrogen) atoms. The number of rotatable bonds is 7. The van der Waals surface area contributed by atoms with Gasteiger partial charge in [0.15, 0.2) is 5.79 Å². The van der Waals surface area contributed by atoms with Crippen LogP contribution in [0.25, 0.3) is 0 Å². The number of hydrogen-bond donors (Lipinski definition) is 1. The molecule has 4 rings (SSSR count). The Kier molecular flexibility index (Phi) is 7.02. The van der Waals surface area contributed by atoms with E-state index in [0.717, 1.165) is 16.9 Å². The average Bonchev–Trinajstić information content (AvgIpc) is 3.32. The second-order valence-corrected chi connectivity index (χ2v) is 9.18. The van der Waals surface area contributed by atoms with Crippen molar-refractivity contribution in [3.8, 4) is 5.75 Å². The van der Waals surface area contributed by atoms with Gasteiger partial charge in [0.05, 0.1) is 23.7 Å². The van der Waals surface area contributed by atoms with Crippen molar-refractivity contribution >= 4 is 45.6 Å². The van der Waals surface area contributed by atoms with Gasteiger partial charge >= 0.3 is 0 Å². The summed E-state index contributed by atoms with van der Waals surface area (Å²) in [5, 5.41) is 4.52. The number of aryl methyl sites for hydroxylation is 1. The predicted octanol–water partition coefficient (Wildman–Crippen LogP) is 5.61. The van der Waals surface area contributed by atoms with Gasteiger partial charge in [-0.2, -0.15) is 4.37 Å². The highest BCUT2D eigenvalue weighted by Gasteiger charge is 2.39. The summed E-state index contributed by atoms with van der Waals surface area (Å²) in [5.74, 6) is -0.297. The van der Waals surface area contributed by atoms with Gasteiger partial charge in [0, 0.05) is 10.6 Å². The van der Waals surface area contributed by atoms with Crippen LogP contribution in [0.3, 0.4) is 0 Å². The lowest BCUT2D eigenvalue weighted by Gasteiger charge is -2.24. The van der Waals surface area contributed by atoms with Crippen molar-refractivity contribution in [1.29, 1.82) is 0 Å². The van der Waals surface area contributed by atoms with Crippen LogP contribution in [0.5, 0.6) is 5.75 Å². The van der Waals surface area contributed by atoms with Crippen molar-refractivity contribution in [2.75, 3.05) is 18.5 Å². The Balaban J connectivity index is 1.31. The van der Waals surface area contributed by atoms with Gasteiger partial charge in [-0.1, -0.05) is 47.5 Å². The molecule has 0 spiro atoms. The van der Waals surface area contributed by atoms with Crippen LogP contribution in [0.15, 0.2) is 48.5 Å². The molecule has 3 aromatic rings. The highest BCUT2D eigenvalue weighted by atomic mass is 35.5. The molecular formula is C23H22Cl2N2O4S. The summed E-state index contributed by atoms with van der Waals surface area (Å²) in [5.41, 5.74) is 2.45. The molecule has 1 aromatic heterocycles. The van der Waals surface area contributed by atoms with Gasteiger partial charge in [0.25, 0.3) is 0 Å². The van der Waals surface area contributed by atoms with Gasteiger partial charge < -0.3 is 19.5 Å². The highest BCUT2D eigenvalue weighted by molar-refractivity contribution is 7.11. The molecule has 0 aliphatic carbocycles. The Hall–Kier alpha value is -2.16. The smallest absolute Gasteiger partial charge is 0.229 e. The SMILES string of the molecule is Cc1nsc(NC(=O)Cc2ccc(C3(C)OCC(COc4ccc(Cl)cc4)O3)cc2)c1Cl. The fraction of sp³-hybridized carbons (Fsp3) is 0.304. The zero-order chi connectivity index (χ0) is 22.7. The van der Waals surface area contributed by atoms with Crippen molar-refractivity contribution in [3.63, 3.8) is 0 Å². The molecule has 1 fully saturated rings. The van der Waals surface area contributed by atoms with E-state index < -0.39 is 5.79 Å². The number of anilines is 1. The van der Waals surface area contributed by atoms with Crippen LogP contribution in [0.1, 0.15) is 23.7 Å². The fourth-order valence-electron chi connectivity index (χ4n) is 3.31. The molecule has 2 heterocycles. The van der Waals surface area contributed by atoms with Gasteiger partial charge in [-0.25, -0.2) is 0 Å². The first-order valence-corrected chi connectivity index (χ1v) is 11.6. The minimum Gasteiger partial charge on any atom is -0.491 e. The summed E-state index contributed by atoms with van der Waals surface area (Å²) in [6.07, 6.45) is 0.0255. The lowest BCUT2D eigenvalue weighted by Crippen LogP contribution is -2.26. The summed E-state index contributed by atoms with van der Waals surface area (Å²) in [6, 6.07) is 14.8. The lowest BCUT2D eigenvalue weighted by molar-refractivity contribution is -0.164. The number of halogens is 2. The fourth-order valence-corrected chi connectivity index (χ4v) is 4.39. The molecule has 0 bridgehead atoms. The van der Waals surface area contributed by atoms with Crippen LogP contribution in [-0.2, 0) is 26.5 Å². The Morgan fingerprint density at radius 1 is 1.22 bits per heavy atom. The number of ether oxygens (including phenoxy) is 3. The molecule has 0 radical (unpaired) electrons. The van der Waals surface area contributed by atoms with Crippen molar-refractivity contribution < 1.29 is 19.0 Å². The molecule has 1 amide bonds. The Labute approximate surface area is 200 Å². The number of hydrogen-bond acceptors (Lipinski definition) is 6. The van der Waals surface area contributed by atoms with E-state index in [9.17, 15) is 4.79 Å². The maximum Gasteiger partial charge on any atom is 0.229 e. The third-order valence-electron chi connectivity index (χ3n) is 5.07. The van der Waals surface area contributed by atoms with Crippen LogP contribution < -0.4 is 10.1 Å². The van der Waals surface area contributed by atoms with E-state index in [1.807, 2.05) is 43.3 Å². The quantitative estimate of drug-likeness (QED) is 0.464. The molecule has 0 saturated carbocycles. The van der Waals surface area contributed by atoms with E-state index in [1.165, 1.54) is 11.5 Å². The van der Waals surface area contributed by atoms with Crippen molar-refractivity contribution in [3.05, 3.63) is 75.4 Å². The van der Waals surface area contributed by atoms with E-state index in [-0.39, 0.29) is 18.4 Å². The summed E-state index contributed by atoms with van der Waals surface area (Å²) >= 11 is 13.2. The molecule has 2 unspecified atom stereocenters. The normalized spacial score (nSPS) is 20.3. The van der Waals surface area contributed by atoms with E-state index in [0.29, 0.717) is 34.0 Å². The summed E-state index contributed by atoms with van der Waals surface area (Å²) in [6.45, 7) is 4.47. The van der Waals surface area contributed by atoms with Crippen LogP contribution in [0.4, 0.5) is 5.00 Å². The molecule has 1 aliphatic rings. The third kappa shape index (κ3) is 5.42. The molecule has 168 valence electrons. The van der Waals surface area contributed by atoms with Crippen LogP contribution in [0, 0.1) is 6.92 Å². The van der Waals surface area contributed by atoms with Crippen LogP contribution in [-0.4, -0.2) is 29.6 Å². The molecule has 2 atom stereocenters. The van der Waals surface area contributed by atoms with Crippen molar-refractivity contribution in [2.45, 2.75) is 32.2 Å². The standard InChI is InChI=1S/C23H22Cl2N2O4S/c1-14-21(25)22(32-27-14)26-20(28)11-15-3-5-16(6-4-15)23(2)30-13-19(31-23)12-29-18-9-7-17(24)8-10-18/h3-10,19H,11-13H2,1-2H3,(H,26,28). The maximum atomic E-state index is 12.3. The second kappa shape index (κ2) is 9.77. The number of nitrogens with one attached hydrogen (secondary N) is 1. The Bertz CT molecular complexity index is 1090. The van der Waals surface area contributed by atoms with Gasteiger partial charge in [-0.15, -0.1) is 0 Å². The van der Waals surface area contributed by atoms with Gasteiger partial charge in [-0.3, -0.25) is 4.79 Å². The molecule has 9 heteroatoms. The molecular weight excluding hydrogens is 471 g/mol. The molecule has 6 nitrogen and oxygen atoms in total. The number of benzene rings is 2. The largest absolute Gasteiger partial charge is 0.491 e. The van der Waals surface area contributed by atoms with E-state index in [1.54, 1.807) is 19.1 Å². The molecule has 2 aromatic carbocycles. The van der Waals surface area contributed by atoms with E-state index in [4.69, 9.17) is 37.4 Å². The summed E-state index contributed by atoms with van der Waals surface area (Å²) in [4.78, 5) is 12.3. The van der Waals surface area contributed by atoms with E-state index >= 15 is 0 Å². The first kappa shape index (κ1) is 23.0. The van der Waals surface area contributed by atoms with Crippen molar-refractivity contribution in [1.82, 2.24) is 4.37 Å². The summed E-state index contributed by atoms with van der Waals surface area (Å²) < 4.78 is 22.0. The Morgan fingerprint density at radius 2 is 1.94 bits per heavy atom. The first-order valence-electron chi connectivity index (χ1n) is 10.0. The second-order valence-electron chi connectivity index (χ2n) is 7.59. The average molecular weight is 493 g/mol. The number of nitrogens with zero attached hydrogens (tertiary/aromatic N) is 1. The predicted molar refractivity (Wildman–Crippen MR) is 126 cm³/mol. The van der Waals surface area contributed by atoms with E-state index in [2.05, 4.69) is 9.69 Å². The van der Waals surface area contributed by atoms with Gasteiger partial charge in [0.1, 0.15) is 23.5 Å². The van der Waals surface area contributed by atoms with Crippen molar-refractivity contribution in [2.24, 2.45) is 0 Å². The monoisotopic (exact) mass is 492 g/mol. The number of aromatic nitrogens is 1. The maximum absolute atomic E-state index is 12.3. The summed E-state index contributed by atoms with van der Waals surface area (Å²) in [7, 11) is 0. The van der Waals surface area contributed by atoms with Gasteiger partial charge in [0.2, 0.25) is 5.91 Å². The number of carbonyl (C=O) groups is 1. The number of amides is 1. The van der Waals surface area contributed by atoms with Crippen LogP contribution >= 0.6 is 34.7 Å². The Morgan fingerprint density at radius 3 is 2.59 bits per heavy atom. The zero-order valence-electron chi connectivity index (χ0n) is 17.6. The first-order chi connectivity index (χ1) is 15.3. The zero-order valence-corrected chi connectivity index (χ0v) is 19.9. The molecule has 1 saturated heterocycles. The minimum atomic E-state index is -0.873. The number of carbonyl (C=O) groups excluding carboxylic acids is 1. The lowest BCUT2D eigenvalue weighted by atomic mass is 10.0. The topological polar surface area (TPSA) is 69.7 Å². The molecule has 1 aliphatic heterocycles. The minimum absolute atomic E-state index is 0.151. The highest BCUT2D eigenvalue weighted by Crippen LogP contribution is 2.34. The van der Waals surface area contributed by atoms with Gasteiger partial charge in [-0.05, 0) is 55.2 Å².